The number of carbonyl (C=O) groups is 2. The van der Waals surface area contributed by atoms with Crippen LogP contribution in [0.1, 0.15) is 49.4 Å². The first kappa shape index (κ1) is 23.8. The summed E-state index contributed by atoms with van der Waals surface area (Å²) in [5.74, 6) is -0.315. The molecule has 2 aromatic rings. The van der Waals surface area contributed by atoms with E-state index in [1.54, 1.807) is 11.8 Å². The Labute approximate surface area is 199 Å². The first-order chi connectivity index (χ1) is 15.8. The number of aliphatic hydroxyl groups is 1. The highest BCUT2D eigenvalue weighted by molar-refractivity contribution is 8.00. The van der Waals surface area contributed by atoms with Crippen LogP contribution >= 0.6 is 11.8 Å². The topological polar surface area (TPSA) is 95.7 Å². The van der Waals surface area contributed by atoms with Crippen molar-refractivity contribution in [2.75, 3.05) is 5.88 Å². The minimum atomic E-state index is -1.37. The van der Waals surface area contributed by atoms with Crippen LogP contribution in [0.15, 0.2) is 54.6 Å². The van der Waals surface area contributed by atoms with E-state index in [0.717, 1.165) is 30.4 Å². The van der Waals surface area contributed by atoms with E-state index in [2.05, 4.69) is 17.4 Å². The first-order valence-corrected chi connectivity index (χ1v) is 12.6. The van der Waals surface area contributed by atoms with E-state index in [9.17, 15) is 14.7 Å². The lowest BCUT2D eigenvalue weighted by atomic mass is 9.87. The molecule has 176 valence electrons. The van der Waals surface area contributed by atoms with Crippen LogP contribution in [0.25, 0.3) is 0 Å². The summed E-state index contributed by atoms with van der Waals surface area (Å²) in [5, 5.41) is 14.0. The lowest BCUT2D eigenvalue weighted by Gasteiger charge is -2.34. The maximum Gasteiger partial charge on any atom is 0.254 e. The quantitative estimate of drug-likeness (QED) is 0.607. The Bertz CT molecular complexity index is 997. The van der Waals surface area contributed by atoms with E-state index in [-0.39, 0.29) is 11.9 Å². The number of nitrogens with zero attached hydrogens (tertiary/aromatic N) is 1. The summed E-state index contributed by atoms with van der Waals surface area (Å²) < 4.78 is -0.475. The van der Waals surface area contributed by atoms with E-state index in [1.807, 2.05) is 56.3 Å². The van der Waals surface area contributed by atoms with Crippen LogP contribution in [-0.2, 0) is 22.4 Å². The molecule has 2 aromatic carbocycles. The van der Waals surface area contributed by atoms with Gasteiger partial charge in [-0.1, -0.05) is 54.6 Å². The van der Waals surface area contributed by atoms with E-state index in [0.29, 0.717) is 12.3 Å². The molecular formula is C26H33N3O3S. The second-order valence-electron chi connectivity index (χ2n) is 9.54. The number of benzene rings is 2. The van der Waals surface area contributed by atoms with Gasteiger partial charge in [-0.3, -0.25) is 9.59 Å². The van der Waals surface area contributed by atoms with Gasteiger partial charge in [0.2, 0.25) is 5.91 Å². The highest BCUT2D eigenvalue weighted by Crippen LogP contribution is 2.40. The number of hydrogen-bond acceptors (Lipinski definition) is 5. The van der Waals surface area contributed by atoms with Crippen LogP contribution in [0.3, 0.4) is 0 Å². The number of rotatable bonds is 6. The molecule has 4 rings (SSSR count). The van der Waals surface area contributed by atoms with Crippen LogP contribution in [-0.4, -0.2) is 50.6 Å². The van der Waals surface area contributed by atoms with Crippen molar-refractivity contribution in [3.63, 3.8) is 0 Å². The van der Waals surface area contributed by atoms with Crippen molar-refractivity contribution >= 4 is 23.6 Å². The Balaban J connectivity index is 1.48. The number of nitrogens with one attached hydrogen (secondary N) is 1. The van der Waals surface area contributed by atoms with Gasteiger partial charge < -0.3 is 21.1 Å². The van der Waals surface area contributed by atoms with Crippen molar-refractivity contribution < 1.29 is 14.7 Å². The maximum absolute atomic E-state index is 13.5. The number of carbonyl (C=O) groups excluding carboxylic acids is 2. The largest absolute Gasteiger partial charge is 0.382 e. The van der Waals surface area contributed by atoms with Crippen LogP contribution in [0.4, 0.5) is 0 Å². The SMILES string of the molecule is CC1(C)SCN(C(=O)[C@@H](O)C(N)Cc2ccccc2)C1C(=O)N[C@H]1CCCc2ccccc21. The number of hydrogen-bond donors (Lipinski definition) is 3. The lowest BCUT2D eigenvalue weighted by Crippen LogP contribution is -2.58. The zero-order valence-corrected chi connectivity index (χ0v) is 20.1. The van der Waals surface area contributed by atoms with Crippen molar-refractivity contribution in [1.82, 2.24) is 10.2 Å². The maximum atomic E-state index is 13.5. The summed E-state index contributed by atoms with van der Waals surface area (Å²) in [5.41, 5.74) is 9.59. The molecule has 1 aliphatic carbocycles. The van der Waals surface area contributed by atoms with Crippen LogP contribution < -0.4 is 11.1 Å². The zero-order chi connectivity index (χ0) is 23.6. The van der Waals surface area contributed by atoms with Crippen LogP contribution in [0.5, 0.6) is 0 Å². The van der Waals surface area contributed by atoms with E-state index < -0.39 is 28.8 Å². The van der Waals surface area contributed by atoms with E-state index in [1.165, 1.54) is 10.5 Å². The highest BCUT2D eigenvalue weighted by Gasteiger charge is 2.49. The smallest absolute Gasteiger partial charge is 0.254 e. The third-order valence-electron chi connectivity index (χ3n) is 6.74. The Morgan fingerprint density at radius 2 is 1.88 bits per heavy atom. The summed E-state index contributed by atoms with van der Waals surface area (Å²) in [6, 6.07) is 16.3. The predicted molar refractivity (Wildman–Crippen MR) is 132 cm³/mol. The van der Waals surface area contributed by atoms with E-state index in [4.69, 9.17) is 5.73 Å². The standard InChI is InChI=1S/C26H33N3O3S/c1-26(2)23(24(31)28-21-14-8-12-18-11-6-7-13-19(18)21)29(16-33-26)25(32)22(30)20(27)15-17-9-4-3-5-10-17/h3-7,9-11,13,20-23,30H,8,12,14-16,27H2,1-2H3,(H,28,31)/t20?,21-,22-,23?/m0/s1. The number of nitrogens with two attached hydrogens (primary N) is 1. The first-order valence-electron chi connectivity index (χ1n) is 11.6. The Morgan fingerprint density at radius 3 is 2.64 bits per heavy atom. The second-order valence-corrected chi connectivity index (χ2v) is 11.1. The predicted octanol–water partition coefficient (Wildman–Crippen LogP) is 2.79. The molecule has 0 saturated carbocycles. The molecule has 1 aliphatic heterocycles. The Hall–Kier alpha value is -2.35. The van der Waals surface area contributed by atoms with Gasteiger partial charge in [-0.05, 0) is 56.2 Å². The normalized spacial score (nSPS) is 23.5. The van der Waals surface area contributed by atoms with Crippen molar-refractivity contribution in [1.29, 1.82) is 0 Å². The van der Waals surface area contributed by atoms with Crippen LogP contribution in [0, 0.1) is 0 Å². The van der Waals surface area contributed by atoms with Gasteiger partial charge in [0, 0.05) is 10.8 Å². The van der Waals surface area contributed by atoms with E-state index >= 15 is 0 Å². The summed E-state index contributed by atoms with van der Waals surface area (Å²) in [4.78, 5) is 28.3. The van der Waals surface area contributed by atoms with Gasteiger partial charge in [0.25, 0.3) is 5.91 Å². The summed E-state index contributed by atoms with van der Waals surface area (Å²) in [6.45, 7) is 3.95. The molecule has 1 saturated heterocycles. The van der Waals surface area contributed by atoms with Gasteiger partial charge in [0.15, 0.2) is 0 Å². The molecule has 7 heteroatoms. The molecular weight excluding hydrogens is 434 g/mol. The molecule has 2 aliphatic rings. The number of thioether (sulfide) groups is 1. The fourth-order valence-electron chi connectivity index (χ4n) is 4.92. The zero-order valence-electron chi connectivity index (χ0n) is 19.2. The highest BCUT2D eigenvalue weighted by atomic mass is 32.2. The fourth-order valence-corrected chi connectivity index (χ4v) is 6.06. The van der Waals surface area contributed by atoms with Gasteiger partial charge in [-0.15, -0.1) is 11.8 Å². The van der Waals surface area contributed by atoms with Gasteiger partial charge in [-0.2, -0.15) is 0 Å². The molecule has 4 N–H and O–H groups in total. The molecule has 0 bridgehead atoms. The number of aliphatic hydroxyl groups excluding tert-OH is 1. The lowest BCUT2D eigenvalue weighted by molar-refractivity contribution is -0.147. The molecule has 0 aromatic heterocycles. The fraction of sp³-hybridized carbons (Fsp3) is 0.462. The third-order valence-corrected chi connectivity index (χ3v) is 8.11. The molecule has 6 nitrogen and oxygen atoms in total. The summed E-state index contributed by atoms with van der Waals surface area (Å²) >= 11 is 1.55. The molecule has 33 heavy (non-hydrogen) atoms. The average Bonchev–Trinajstić information content (AvgIpc) is 3.14. The van der Waals surface area contributed by atoms with Gasteiger partial charge in [0.05, 0.1) is 11.9 Å². The monoisotopic (exact) mass is 467 g/mol. The number of aryl methyl sites for hydroxylation is 1. The molecule has 0 radical (unpaired) electrons. The molecule has 1 heterocycles. The van der Waals surface area contributed by atoms with Gasteiger partial charge in [-0.25, -0.2) is 0 Å². The van der Waals surface area contributed by atoms with Gasteiger partial charge in [0.1, 0.15) is 12.1 Å². The molecule has 0 spiro atoms. The second kappa shape index (κ2) is 9.87. The molecule has 2 amide bonds. The molecule has 2 unspecified atom stereocenters. The molecule has 4 atom stereocenters. The molecule has 1 fully saturated rings. The van der Waals surface area contributed by atoms with Crippen molar-refractivity contribution in [2.24, 2.45) is 5.73 Å². The number of amides is 2. The van der Waals surface area contributed by atoms with Crippen molar-refractivity contribution in [3.8, 4) is 0 Å². The third kappa shape index (κ3) is 5.10. The van der Waals surface area contributed by atoms with Crippen molar-refractivity contribution in [3.05, 3.63) is 71.3 Å². The summed E-state index contributed by atoms with van der Waals surface area (Å²) in [7, 11) is 0. The Kier molecular flexibility index (Phi) is 7.12. The average molecular weight is 468 g/mol. The van der Waals surface area contributed by atoms with Gasteiger partial charge >= 0.3 is 0 Å². The minimum Gasteiger partial charge on any atom is -0.382 e. The number of fused-ring (bicyclic) bond motifs is 1. The van der Waals surface area contributed by atoms with Crippen LogP contribution in [0.2, 0.25) is 0 Å². The summed E-state index contributed by atoms with van der Waals surface area (Å²) in [6.07, 6.45) is 1.92. The van der Waals surface area contributed by atoms with Crippen molar-refractivity contribution in [2.45, 2.75) is 68.5 Å². The minimum absolute atomic E-state index is 0.0638. The Morgan fingerprint density at radius 1 is 1.18 bits per heavy atom.